The van der Waals surface area contributed by atoms with E-state index < -0.39 is 0 Å². The maximum absolute atomic E-state index is 12.5. The second-order valence-electron chi connectivity index (χ2n) is 8.78. The first kappa shape index (κ1) is 21.9. The van der Waals surface area contributed by atoms with Gasteiger partial charge in [-0.2, -0.15) is 0 Å². The van der Waals surface area contributed by atoms with Crippen molar-refractivity contribution in [1.29, 1.82) is 0 Å². The van der Waals surface area contributed by atoms with Crippen molar-refractivity contribution in [2.24, 2.45) is 5.92 Å². The Labute approximate surface area is 190 Å². The highest BCUT2D eigenvalue weighted by Crippen LogP contribution is 2.25. The van der Waals surface area contributed by atoms with Gasteiger partial charge in [-0.25, -0.2) is 0 Å². The Morgan fingerprint density at radius 1 is 1.10 bits per heavy atom. The molecule has 1 atom stereocenters. The molecule has 1 amide bonds. The van der Waals surface area contributed by atoms with Gasteiger partial charge in [0.05, 0.1) is 0 Å². The molecular weight excluding hydrogens is 406 g/mol. The van der Waals surface area contributed by atoms with Crippen molar-refractivity contribution in [3.05, 3.63) is 70.9 Å². The van der Waals surface area contributed by atoms with Gasteiger partial charge in [0.15, 0.2) is 0 Å². The van der Waals surface area contributed by atoms with Gasteiger partial charge in [-0.15, -0.1) is 0 Å². The number of piperidine rings is 1. The van der Waals surface area contributed by atoms with Crippen LogP contribution in [0.1, 0.15) is 44.4 Å². The lowest BCUT2D eigenvalue weighted by atomic mass is 9.95. The number of hydrogen-bond donors (Lipinski definition) is 1. The topological polar surface area (TPSA) is 37.3 Å². The molecule has 4 rings (SSSR count). The third kappa shape index (κ3) is 5.31. The number of fused-ring (bicyclic) bond motifs is 1. The van der Waals surface area contributed by atoms with E-state index in [9.17, 15) is 4.79 Å². The van der Waals surface area contributed by atoms with E-state index >= 15 is 0 Å². The number of carbonyl (C=O) groups is 1. The first-order valence-corrected chi connectivity index (χ1v) is 11.8. The Kier molecular flexibility index (Phi) is 6.99. The maximum Gasteiger partial charge on any atom is 0.223 e. The van der Waals surface area contributed by atoms with Crippen LogP contribution in [0, 0.1) is 5.92 Å². The predicted molar refractivity (Wildman–Crippen MR) is 128 cm³/mol. The molecule has 1 aromatic heterocycles. The molecule has 1 N–H and O–H groups in total. The summed E-state index contributed by atoms with van der Waals surface area (Å²) in [6.07, 6.45) is 2.83. The van der Waals surface area contributed by atoms with Crippen LogP contribution in [0.15, 0.2) is 54.6 Å². The number of para-hydroxylation sites is 1. The van der Waals surface area contributed by atoms with Crippen LogP contribution >= 0.6 is 11.6 Å². The van der Waals surface area contributed by atoms with Crippen LogP contribution < -0.4 is 5.32 Å². The lowest BCUT2D eigenvalue weighted by molar-refractivity contribution is -0.127. The molecule has 1 aliphatic rings. The van der Waals surface area contributed by atoms with Crippen LogP contribution in [0.2, 0.25) is 5.02 Å². The summed E-state index contributed by atoms with van der Waals surface area (Å²) in [5, 5.41) is 5.19. The van der Waals surface area contributed by atoms with Gasteiger partial charge in [0.25, 0.3) is 0 Å². The van der Waals surface area contributed by atoms with E-state index in [0.29, 0.717) is 0 Å². The number of aromatic nitrogens is 1. The smallest absolute Gasteiger partial charge is 0.223 e. The lowest BCUT2D eigenvalue weighted by Gasteiger charge is -2.32. The van der Waals surface area contributed by atoms with Gasteiger partial charge < -0.3 is 9.88 Å². The predicted octanol–water partition coefficient (Wildman–Crippen LogP) is 5.47. The molecule has 1 saturated heterocycles. The summed E-state index contributed by atoms with van der Waals surface area (Å²) in [6.45, 7) is 7.79. The van der Waals surface area contributed by atoms with Crippen LogP contribution in [0.3, 0.4) is 0 Å². The van der Waals surface area contributed by atoms with Crippen LogP contribution in [-0.2, 0) is 17.9 Å². The van der Waals surface area contributed by atoms with Crippen LogP contribution in [0.5, 0.6) is 0 Å². The summed E-state index contributed by atoms with van der Waals surface area (Å²) in [5.41, 5.74) is 3.76. The van der Waals surface area contributed by atoms with E-state index in [1.807, 2.05) is 18.2 Å². The van der Waals surface area contributed by atoms with Crippen molar-refractivity contribution >= 4 is 28.4 Å². The van der Waals surface area contributed by atoms with E-state index in [4.69, 9.17) is 11.6 Å². The number of carbonyl (C=O) groups excluding carboxylic acids is 1. The normalized spacial score (nSPS) is 16.5. The molecule has 5 heteroatoms. The number of nitrogens with zero attached hydrogens (tertiary/aromatic N) is 2. The van der Waals surface area contributed by atoms with Gasteiger partial charge in [0.1, 0.15) is 0 Å². The van der Waals surface area contributed by atoms with Crippen molar-refractivity contribution in [2.75, 3.05) is 13.1 Å². The molecule has 4 nitrogen and oxygen atoms in total. The maximum atomic E-state index is 12.5. The van der Waals surface area contributed by atoms with Crippen molar-refractivity contribution in [1.82, 2.24) is 14.8 Å². The molecule has 0 aliphatic carbocycles. The number of benzene rings is 2. The van der Waals surface area contributed by atoms with Gasteiger partial charge >= 0.3 is 0 Å². The minimum Gasteiger partial charge on any atom is -0.353 e. The second kappa shape index (κ2) is 9.88. The van der Waals surface area contributed by atoms with Gasteiger partial charge in [-0.3, -0.25) is 9.69 Å². The molecule has 2 aromatic carbocycles. The summed E-state index contributed by atoms with van der Waals surface area (Å²) in [4.78, 5) is 15.0. The molecule has 31 heavy (non-hydrogen) atoms. The molecule has 0 spiro atoms. The van der Waals surface area contributed by atoms with Gasteiger partial charge in [0, 0.05) is 41.3 Å². The first-order chi connectivity index (χ1) is 15.0. The van der Waals surface area contributed by atoms with E-state index in [1.165, 1.54) is 22.2 Å². The van der Waals surface area contributed by atoms with Crippen molar-refractivity contribution in [3.8, 4) is 0 Å². The van der Waals surface area contributed by atoms with E-state index in [2.05, 4.69) is 65.0 Å². The Morgan fingerprint density at radius 2 is 1.87 bits per heavy atom. The fourth-order valence-electron chi connectivity index (χ4n) is 4.45. The Morgan fingerprint density at radius 3 is 2.61 bits per heavy atom. The average molecular weight is 438 g/mol. The number of rotatable bonds is 7. The number of nitrogens with one attached hydrogen (secondary N) is 1. The minimum atomic E-state index is 0.141. The lowest BCUT2D eigenvalue weighted by Crippen LogP contribution is -2.42. The fourth-order valence-corrected chi connectivity index (χ4v) is 4.66. The number of likely N-dealkylation sites (tertiary alicyclic amines) is 1. The molecule has 1 fully saturated rings. The molecule has 2 heterocycles. The number of amides is 1. The van der Waals surface area contributed by atoms with Crippen molar-refractivity contribution < 1.29 is 4.79 Å². The highest BCUT2D eigenvalue weighted by molar-refractivity contribution is 6.30. The highest BCUT2D eigenvalue weighted by atomic mass is 35.5. The summed E-state index contributed by atoms with van der Waals surface area (Å²) in [5.74, 6) is 0.367. The summed E-state index contributed by atoms with van der Waals surface area (Å²) < 4.78 is 2.41. The third-order valence-electron chi connectivity index (χ3n) is 6.47. The summed E-state index contributed by atoms with van der Waals surface area (Å²) >= 11 is 6.23. The molecule has 3 aromatic rings. The first-order valence-electron chi connectivity index (χ1n) is 11.4. The number of halogens is 1. The van der Waals surface area contributed by atoms with Crippen LogP contribution in [0.4, 0.5) is 0 Å². The molecular formula is C26H32ClN3O. The Hall–Kier alpha value is -2.30. The highest BCUT2D eigenvalue weighted by Gasteiger charge is 2.26. The quantitative estimate of drug-likeness (QED) is 0.532. The second-order valence-corrected chi connectivity index (χ2v) is 9.22. The SMILES string of the molecule is CC[C@@H](C)NC(=O)C1CCN(Cc2cc3ccccc3n2Cc2cccc(Cl)c2)CC1. The zero-order valence-electron chi connectivity index (χ0n) is 18.5. The van der Waals surface area contributed by atoms with E-state index in [-0.39, 0.29) is 17.9 Å². The minimum absolute atomic E-state index is 0.141. The van der Waals surface area contributed by atoms with Crippen molar-refractivity contribution in [2.45, 2.75) is 52.2 Å². The van der Waals surface area contributed by atoms with Crippen LogP contribution in [-0.4, -0.2) is 34.5 Å². The molecule has 0 unspecified atom stereocenters. The van der Waals surface area contributed by atoms with Crippen LogP contribution in [0.25, 0.3) is 10.9 Å². The standard InChI is InChI=1S/C26H32ClN3O/c1-3-19(2)28-26(31)21-11-13-29(14-12-21)18-24-16-22-8-4-5-10-25(22)30(24)17-20-7-6-9-23(27)15-20/h4-10,15-16,19,21H,3,11-14,17-18H2,1-2H3,(H,28,31)/t19-/m1/s1. The Bertz CT molecular complexity index is 1040. The molecule has 1 aliphatic heterocycles. The van der Waals surface area contributed by atoms with Gasteiger partial charge in [-0.05, 0) is 74.5 Å². The van der Waals surface area contributed by atoms with E-state index in [1.54, 1.807) is 0 Å². The zero-order chi connectivity index (χ0) is 21.8. The molecule has 164 valence electrons. The molecule has 0 saturated carbocycles. The van der Waals surface area contributed by atoms with Gasteiger partial charge in [0.2, 0.25) is 5.91 Å². The molecule has 0 bridgehead atoms. The average Bonchev–Trinajstić information content (AvgIpc) is 3.11. The number of hydrogen-bond acceptors (Lipinski definition) is 2. The van der Waals surface area contributed by atoms with Gasteiger partial charge in [-0.1, -0.05) is 48.9 Å². The van der Waals surface area contributed by atoms with E-state index in [0.717, 1.165) is 50.5 Å². The van der Waals surface area contributed by atoms with Crippen molar-refractivity contribution in [3.63, 3.8) is 0 Å². The summed E-state index contributed by atoms with van der Waals surface area (Å²) in [7, 11) is 0. The fraction of sp³-hybridized carbons (Fsp3) is 0.423. The Balaban J connectivity index is 1.47. The molecule has 0 radical (unpaired) electrons. The monoisotopic (exact) mass is 437 g/mol. The zero-order valence-corrected chi connectivity index (χ0v) is 19.2. The summed E-state index contributed by atoms with van der Waals surface area (Å²) in [6, 6.07) is 19.2. The largest absolute Gasteiger partial charge is 0.353 e. The third-order valence-corrected chi connectivity index (χ3v) is 6.71.